The van der Waals surface area contributed by atoms with Crippen LogP contribution in [-0.4, -0.2) is 51.9 Å². The molecule has 0 atom stereocenters. The highest BCUT2D eigenvalue weighted by atomic mass is 32.2. The maximum atomic E-state index is 13.0. The van der Waals surface area contributed by atoms with Crippen LogP contribution in [0.2, 0.25) is 0 Å². The molecule has 1 aliphatic heterocycles. The Morgan fingerprint density at radius 1 is 0.854 bits per heavy atom. The van der Waals surface area contributed by atoms with E-state index in [2.05, 4.69) is 17.6 Å². The van der Waals surface area contributed by atoms with Crippen molar-refractivity contribution < 1.29 is 17.9 Å². The minimum absolute atomic E-state index is 0.00298. The zero-order valence-electron chi connectivity index (χ0n) is 25.2. The molecule has 0 aromatic heterocycles. The van der Waals surface area contributed by atoms with Gasteiger partial charge in [-0.1, -0.05) is 76.8 Å². The fourth-order valence-corrected chi connectivity index (χ4v) is 6.83. The molecular weight excluding hydrogens is 534 g/mol. The molecule has 3 rings (SSSR count). The van der Waals surface area contributed by atoms with Crippen molar-refractivity contribution in [2.24, 2.45) is 5.92 Å². The number of piperidine rings is 1. The maximum absolute atomic E-state index is 13.0. The maximum Gasteiger partial charge on any atom is 0.251 e. The Bertz CT molecular complexity index is 1110. The van der Waals surface area contributed by atoms with Gasteiger partial charge in [-0.25, -0.2) is 8.42 Å². The lowest BCUT2D eigenvalue weighted by molar-refractivity contribution is 0.0953. The molecule has 228 valence electrons. The summed E-state index contributed by atoms with van der Waals surface area (Å²) in [5, 5.41) is 6.56. The van der Waals surface area contributed by atoms with Gasteiger partial charge in [0.15, 0.2) is 0 Å². The molecule has 1 amide bonds. The highest BCUT2D eigenvalue weighted by Crippen LogP contribution is 2.25. The second-order valence-electron chi connectivity index (χ2n) is 11.3. The average molecular weight is 586 g/mol. The van der Waals surface area contributed by atoms with Crippen LogP contribution in [0.25, 0.3) is 0 Å². The van der Waals surface area contributed by atoms with Gasteiger partial charge in [0.1, 0.15) is 5.75 Å². The Kier molecular flexibility index (Phi) is 14.7. The monoisotopic (exact) mass is 585 g/mol. The van der Waals surface area contributed by atoms with Gasteiger partial charge in [0.05, 0.1) is 12.0 Å². The molecule has 8 heteroatoms. The number of ether oxygens (including phenoxy) is 1. The van der Waals surface area contributed by atoms with Crippen LogP contribution in [0.15, 0.2) is 53.4 Å². The molecule has 1 heterocycles. The van der Waals surface area contributed by atoms with Gasteiger partial charge < -0.3 is 15.4 Å². The molecule has 7 nitrogen and oxygen atoms in total. The molecule has 2 aromatic rings. The molecule has 41 heavy (non-hydrogen) atoms. The third kappa shape index (κ3) is 11.4. The van der Waals surface area contributed by atoms with Gasteiger partial charge in [-0.2, -0.15) is 4.31 Å². The van der Waals surface area contributed by atoms with Gasteiger partial charge >= 0.3 is 0 Å². The van der Waals surface area contributed by atoms with E-state index < -0.39 is 10.0 Å². The van der Waals surface area contributed by atoms with E-state index in [1.165, 1.54) is 57.8 Å². The fourth-order valence-electron chi connectivity index (χ4n) is 5.36. The first kappa shape index (κ1) is 33.1. The summed E-state index contributed by atoms with van der Waals surface area (Å²) in [6.45, 7) is 5.62. The molecule has 0 aliphatic carbocycles. The number of amides is 1. The summed E-state index contributed by atoms with van der Waals surface area (Å²) in [4.78, 5) is 12.8. The van der Waals surface area contributed by atoms with Crippen molar-refractivity contribution in [3.63, 3.8) is 0 Å². The first-order valence-corrected chi connectivity index (χ1v) is 17.1. The Labute approximate surface area is 248 Å². The Balaban J connectivity index is 1.26. The van der Waals surface area contributed by atoms with Crippen LogP contribution in [0.4, 0.5) is 0 Å². The van der Waals surface area contributed by atoms with E-state index in [4.69, 9.17) is 4.74 Å². The molecule has 2 aromatic carbocycles. The standard InChI is InChI=1S/C33H51N3O4S/c1-3-4-5-6-7-8-9-10-11-12-23-35-33(37)30-15-13-28(14-16-30)26-34-27-29-21-24-36(25-22-29)41(38,39)32-19-17-31(40-2)18-20-32/h13-20,29,34H,3-12,21-27H2,1-2H3,(H,35,37). The molecule has 0 bridgehead atoms. The number of methoxy groups -OCH3 is 1. The second kappa shape index (κ2) is 18.2. The minimum atomic E-state index is -3.48. The number of carbonyl (C=O) groups excluding carboxylic acids is 1. The molecule has 0 radical (unpaired) electrons. The molecular formula is C33H51N3O4S. The summed E-state index contributed by atoms with van der Waals surface area (Å²) in [6.07, 6.45) is 14.6. The van der Waals surface area contributed by atoms with E-state index in [1.54, 1.807) is 35.7 Å². The number of nitrogens with one attached hydrogen (secondary N) is 2. The van der Waals surface area contributed by atoms with Crippen LogP contribution in [0.1, 0.15) is 99.9 Å². The highest BCUT2D eigenvalue weighted by Gasteiger charge is 2.29. The van der Waals surface area contributed by atoms with Crippen molar-refractivity contribution in [3.05, 3.63) is 59.7 Å². The lowest BCUT2D eigenvalue weighted by atomic mass is 9.98. The molecule has 0 saturated carbocycles. The van der Waals surface area contributed by atoms with Crippen molar-refractivity contribution in [3.8, 4) is 5.75 Å². The van der Waals surface area contributed by atoms with Crippen molar-refractivity contribution in [1.29, 1.82) is 0 Å². The highest BCUT2D eigenvalue weighted by molar-refractivity contribution is 7.89. The summed E-state index contributed by atoms with van der Waals surface area (Å²) in [5.74, 6) is 1.08. The van der Waals surface area contributed by atoms with Crippen molar-refractivity contribution in [2.75, 3.05) is 33.3 Å². The molecule has 0 unspecified atom stereocenters. The van der Waals surface area contributed by atoms with Gasteiger partial charge in [-0.15, -0.1) is 0 Å². The lowest BCUT2D eigenvalue weighted by Gasteiger charge is -2.31. The smallest absolute Gasteiger partial charge is 0.251 e. The van der Waals surface area contributed by atoms with E-state index in [1.807, 2.05) is 24.3 Å². The Hall–Kier alpha value is -2.42. The Morgan fingerprint density at radius 3 is 2.02 bits per heavy atom. The van der Waals surface area contributed by atoms with Crippen LogP contribution in [0.3, 0.4) is 0 Å². The molecule has 1 aliphatic rings. The zero-order chi connectivity index (χ0) is 29.3. The first-order valence-electron chi connectivity index (χ1n) is 15.7. The number of hydrogen-bond donors (Lipinski definition) is 2. The van der Waals surface area contributed by atoms with Crippen LogP contribution in [-0.2, 0) is 16.6 Å². The predicted octanol–water partition coefficient (Wildman–Crippen LogP) is 6.54. The number of benzene rings is 2. The quantitative estimate of drug-likeness (QED) is 0.183. The van der Waals surface area contributed by atoms with Crippen LogP contribution >= 0.6 is 0 Å². The van der Waals surface area contributed by atoms with E-state index in [-0.39, 0.29) is 5.91 Å². The normalized spacial score (nSPS) is 14.7. The van der Waals surface area contributed by atoms with E-state index in [9.17, 15) is 13.2 Å². The molecule has 0 spiro atoms. The number of rotatable bonds is 19. The summed E-state index contributed by atoms with van der Waals surface area (Å²) >= 11 is 0. The molecule has 2 N–H and O–H groups in total. The van der Waals surface area contributed by atoms with Crippen LogP contribution < -0.4 is 15.4 Å². The fraction of sp³-hybridized carbons (Fsp3) is 0.606. The average Bonchev–Trinajstić information content (AvgIpc) is 3.00. The predicted molar refractivity (Wildman–Crippen MR) is 167 cm³/mol. The third-order valence-electron chi connectivity index (χ3n) is 8.06. The zero-order valence-corrected chi connectivity index (χ0v) is 26.0. The SMILES string of the molecule is CCCCCCCCCCCCNC(=O)c1ccc(CNCC2CCN(S(=O)(=O)c3ccc(OC)cc3)CC2)cc1. The largest absolute Gasteiger partial charge is 0.497 e. The second-order valence-corrected chi connectivity index (χ2v) is 13.2. The lowest BCUT2D eigenvalue weighted by Crippen LogP contribution is -2.40. The van der Waals surface area contributed by atoms with Gasteiger partial charge in [0, 0.05) is 31.7 Å². The first-order chi connectivity index (χ1) is 19.9. The van der Waals surface area contributed by atoms with Gasteiger partial charge in [0.25, 0.3) is 5.91 Å². The topological polar surface area (TPSA) is 87.7 Å². The van der Waals surface area contributed by atoms with Crippen LogP contribution in [0.5, 0.6) is 5.75 Å². The van der Waals surface area contributed by atoms with Crippen molar-refractivity contribution in [1.82, 2.24) is 14.9 Å². The summed E-state index contributed by atoms with van der Waals surface area (Å²) in [7, 11) is -1.91. The van der Waals surface area contributed by atoms with Gasteiger partial charge in [0.2, 0.25) is 10.0 Å². The van der Waals surface area contributed by atoms with E-state index in [0.717, 1.165) is 44.5 Å². The Morgan fingerprint density at radius 2 is 1.44 bits per heavy atom. The molecule has 1 fully saturated rings. The van der Waals surface area contributed by atoms with Crippen molar-refractivity contribution in [2.45, 2.75) is 95.4 Å². The van der Waals surface area contributed by atoms with Gasteiger partial charge in [-0.05, 0) is 73.7 Å². The number of unbranched alkanes of at least 4 members (excludes halogenated alkanes) is 9. The summed E-state index contributed by atoms with van der Waals surface area (Å²) < 4.78 is 32.7. The van der Waals surface area contributed by atoms with E-state index >= 15 is 0 Å². The number of carbonyl (C=O) groups is 1. The van der Waals surface area contributed by atoms with Crippen LogP contribution in [0, 0.1) is 5.92 Å². The number of sulfonamides is 1. The third-order valence-corrected chi connectivity index (χ3v) is 9.98. The minimum Gasteiger partial charge on any atom is -0.497 e. The molecule has 1 saturated heterocycles. The summed E-state index contributed by atoms with van der Waals surface area (Å²) in [6, 6.07) is 14.4. The van der Waals surface area contributed by atoms with Crippen molar-refractivity contribution >= 4 is 15.9 Å². The van der Waals surface area contributed by atoms with E-state index in [0.29, 0.717) is 35.2 Å². The number of hydrogen-bond acceptors (Lipinski definition) is 5. The summed E-state index contributed by atoms with van der Waals surface area (Å²) in [5.41, 5.74) is 1.84. The van der Waals surface area contributed by atoms with Gasteiger partial charge in [-0.3, -0.25) is 4.79 Å². The number of nitrogens with zero attached hydrogens (tertiary/aromatic N) is 1.